The van der Waals surface area contributed by atoms with E-state index >= 15 is 0 Å². The zero-order chi connectivity index (χ0) is 19.4. The van der Waals surface area contributed by atoms with Crippen LogP contribution in [0.5, 0.6) is 5.75 Å². The Morgan fingerprint density at radius 2 is 2.07 bits per heavy atom. The van der Waals surface area contributed by atoms with Crippen molar-refractivity contribution in [3.8, 4) is 17.2 Å². The van der Waals surface area contributed by atoms with E-state index in [1.807, 2.05) is 38.1 Å². The maximum absolute atomic E-state index is 12.3. The normalized spacial score (nSPS) is 10.7. The van der Waals surface area contributed by atoms with Crippen LogP contribution >= 0.6 is 23.4 Å². The van der Waals surface area contributed by atoms with Gasteiger partial charge in [-0.2, -0.15) is 0 Å². The van der Waals surface area contributed by atoms with Gasteiger partial charge in [-0.15, -0.1) is 10.2 Å². The van der Waals surface area contributed by atoms with Crippen LogP contribution in [0.1, 0.15) is 11.1 Å². The first-order chi connectivity index (χ1) is 13.0. The minimum atomic E-state index is -0.213. The number of carbonyl (C=O) groups is 1. The SMILES string of the molecule is COc1cc(Cl)c(C)cc1NC(=O)CSc1nnc(-c2cccc(C)c2)o1. The molecule has 0 saturated carbocycles. The number of hydrogen-bond acceptors (Lipinski definition) is 6. The lowest BCUT2D eigenvalue weighted by molar-refractivity contribution is -0.113. The highest BCUT2D eigenvalue weighted by Crippen LogP contribution is 2.31. The number of benzene rings is 2. The van der Waals surface area contributed by atoms with Crippen LogP contribution in [0.4, 0.5) is 5.69 Å². The summed E-state index contributed by atoms with van der Waals surface area (Å²) < 4.78 is 10.9. The van der Waals surface area contributed by atoms with Crippen molar-refractivity contribution < 1.29 is 13.9 Å². The third kappa shape index (κ3) is 4.81. The standard InChI is InChI=1S/C19H18ClN3O3S/c1-11-5-4-6-13(7-11)18-22-23-19(26-18)27-10-17(24)21-15-8-12(2)14(20)9-16(15)25-3/h4-9H,10H2,1-3H3,(H,21,24). The molecule has 27 heavy (non-hydrogen) atoms. The van der Waals surface area contributed by atoms with Crippen molar-refractivity contribution in [3.63, 3.8) is 0 Å². The number of thioether (sulfide) groups is 1. The molecule has 0 aliphatic carbocycles. The molecule has 0 radical (unpaired) electrons. The maximum atomic E-state index is 12.3. The lowest BCUT2D eigenvalue weighted by atomic mass is 10.1. The molecule has 0 atom stereocenters. The van der Waals surface area contributed by atoms with Gasteiger partial charge in [-0.25, -0.2) is 0 Å². The van der Waals surface area contributed by atoms with E-state index in [0.29, 0.717) is 27.6 Å². The Hall–Kier alpha value is -2.51. The zero-order valence-electron chi connectivity index (χ0n) is 15.1. The summed E-state index contributed by atoms with van der Waals surface area (Å²) in [7, 11) is 1.52. The van der Waals surface area contributed by atoms with Crippen LogP contribution in [0, 0.1) is 13.8 Å². The topological polar surface area (TPSA) is 77.2 Å². The first-order valence-corrected chi connectivity index (χ1v) is 9.50. The zero-order valence-corrected chi connectivity index (χ0v) is 16.6. The average Bonchev–Trinajstić information content (AvgIpc) is 3.12. The monoisotopic (exact) mass is 403 g/mol. The summed E-state index contributed by atoms with van der Waals surface area (Å²) >= 11 is 7.25. The summed E-state index contributed by atoms with van der Waals surface area (Å²) in [6.07, 6.45) is 0. The Morgan fingerprint density at radius 1 is 1.26 bits per heavy atom. The Balaban J connectivity index is 1.63. The highest BCUT2D eigenvalue weighted by Gasteiger charge is 2.14. The lowest BCUT2D eigenvalue weighted by Gasteiger charge is -2.11. The van der Waals surface area contributed by atoms with Gasteiger partial charge in [0.2, 0.25) is 11.8 Å². The van der Waals surface area contributed by atoms with Gasteiger partial charge < -0.3 is 14.5 Å². The predicted octanol–water partition coefficient (Wildman–Crippen LogP) is 4.75. The van der Waals surface area contributed by atoms with Crippen LogP contribution in [0.3, 0.4) is 0 Å². The molecule has 0 aliphatic rings. The molecule has 0 saturated heterocycles. The number of rotatable bonds is 6. The Labute approximate surface area is 166 Å². The number of aromatic nitrogens is 2. The summed E-state index contributed by atoms with van der Waals surface area (Å²) in [6, 6.07) is 11.2. The second kappa shape index (κ2) is 8.45. The van der Waals surface area contributed by atoms with Crippen LogP contribution in [0.2, 0.25) is 5.02 Å². The fourth-order valence-corrected chi connectivity index (χ4v) is 3.12. The summed E-state index contributed by atoms with van der Waals surface area (Å²) in [4.78, 5) is 12.3. The van der Waals surface area contributed by atoms with Crippen molar-refractivity contribution in [2.75, 3.05) is 18.2 Å². The first kappa shape index (κ1) is 19.3. The molecule has 0 aliphatic heterocycles. The van der Waals surface area contributed by atoms with Gasteiger partial charge in [0.15, 0.2) is 0 Å². The van der Waals surface area contributed by atoms with Crippen LogP contribution in [-0.2, 0) is 4.79 Å². The molecule has 1 aromatic heterocycles. The van der Waals surface area contributed by atoms with Crippen molar-refractivity contribution in [1.29, 1.82) is 0 Å². The van der Waals surface area contributed by atoms with Gasteiger partial charge in [0, 0.05) is 16.7 Å². The van der Waals surface area contributed by atoms with Crippen molar-refractivity contribution in [2.45, 2.75) is 19.1 Å². The molecule has 0 spiro atoms. The van der Waals surface area contributed by atoms with Crippen molar-refractivity contribution in [3.05, 3.63) is 52.5 Å². The Bertz CT molecular complexity index is 975. The molecule has 1 amide bonds. The van der Waals surface area contributed by atoms with Gasteiger partial charge in [0.25, 0.3) is 5.22 Å². The van der Waals surface area contributed by atoms with E-state index in [0.717, 1.165) is 16.7 Å². The van der Waals surface area contributed by atoms with E-state index in [-0.39, 0.29) is 11.7 Å². The molecule has 140 valence electrons. The molecule has 0 fully saturated rings. The fraction of sp³-hybridized carbons (Fsp3) is 0.211. The van der Waals surface area contributed by atoms with Gasteiger partial charge in [0.05, 0.1) is 18.6 Å². The molecular formula is C19H18ClN3O3S. The van der Waals surface area contributed by atoms with Crippen molar-refractivity contribution >= 4 is 35.0 Å². The highest BCUT2D eigenvalue weighted by atomic mass is 35.5. The molecule has 3 aromatic rings. The van der Waals surface area contributed by atoms with Crippen LogP contribution < -0.4 is 10.1 Å². The van der Waals surface area contributed by atoms with Crippen LogP contribution in [-0.4, -0.2) is 29.0 Å². The highest BCUT2D eigenvalue weighted by molar-refractivity contribution is 7.99. The number of hydrogen-bond donors (Lipinski definition) is 1. The molecular weight excluding hydrogens is 386 g/mol. The van der Waals surface area contributed by atoms with Crippen molar-refractivity contribution in [1.82, 2.24) is 10.2 Å². The minimum Gasteiger partial charge on any atom is -0.495 e. The maximum Gasteiger partial charge on any atom is 0.277 e. The third-order valence-electron chi connectivity index (χ3n) is 3.75. The Kier molecular flexibility index (Phi) is 6.03. The van der Waals surface area contributed by atoms with E-state index in [4.69, 9.17) is 20.8 Å². The summed E-state index contributed by atoms with van der Waals surface area (Å²) in [5, 5.41) is 11.7. The predicted molar refractivity (Wildman–Crippen MR) is 107 cm³/mol. The largest absolute Gasteiger partial charge is 0.495 e. The second-order valence-corrected chi connectivity index (χ2v) is 7.21. The number of ether oxygens (including phenoxy) is 1. The van der Waals surface area contributed by atoms with Gasteiger partial charge in [-0.1, -0.05) is 41.1 Å². The number of halogens is 1. The number of nitrogens with one attached hydrogen (secondary N) is 1. The molecule has 1 heterocycles. The van der Waals surface area contributed by atoms with Gasteiger partial charge >= 0.3 is 0 Å². The fourth-order valence-electron chi connectivity index (χ4n) is 2.41. The van der Waals surface area contributed by atoms with E-state index in [9.17, 15) is 4.79 Å². The van der Waals surface area contributed by atoms with Gasteiger partial charge in [-0.3, -0.25) is 4.79 Å². The quantitative estimate of drug-likeness (QED) is 0.598. The molecule has 1 N–H and O–H groups in total. The van der Waals surface area contributed by atoms with E-state index in [1.54, 1.807) is 12.1 Å². The third-order valence-corrected chi connectivity index (χ3v) is 4.98. The van der Waals surface area contributed by atoms with Crippen LogP contribution in [0.25, 0.3) is 11.5 Å². The summed E-state index contributed by atoms with van der Waals surface area (Å²) in [6.45, 7) is 3.85. The average molecular weight is 404 g/mol. The second-order valence-electron chi connectivity index (χ2n) is 5.88. The van der Waals surface area contributed by atoms with E-state index in [2.05, 4.69) is 15.5 Å². The van der Waals surface area contributed by atoms with E-state index in [1.165, 1.54) is 18.9 Å². The van der Waals surface area contributed by atoms with Gasteiger partial charge in [-0.05, 0) is 37.6 Å². The van der Waals surface area contributed by atoms with Crippen molar-refractivity contribution in [2.24, 2.45) is 0 Å². The van der Waals surface area contributed by atoms with Gasteiger partial charge in [0.1, 0.15) is 5.75 Å². The lowest BCUT2D eigenvalue weighted by Crippen LogP contribution is -2.15. The molecule has 0 unspecified atom stereocenters. The number of anilines is 1. The molecule has 0 bridgehead atoms. The minimum absolute atomic E-state index is 0.125. The number of aryl methyl sites for hydroxylation is 2. The number of amides is 1. The summed E-state index contributed by atoms with van der Waals surface area (Å²) in [5.41, 5.74) is 3.36. The number of carbonyl (C=O) groups excluding carboxylic acids is 1. The molecule has 8 heteroatoms. The van der Waals surface area contributed by atoms with Crippen LogP contribution in [0.15, 0.2) is 46.0 Å². The first-order valence-electron chi connectivity index (χ1n) is 8.13. The molecule has 3 rings (SSSR count). The van der Waals surface area contributed by atoms with E-state index < -0.39 is 0 Å². The molecule has 2 aromatic carbocycles. The smallest absolute Gasteiger partial charge is 0.277 e. The summed E-state index contributed by atoms with van der Waals surface area (Å²) in [5.74, 6) is 0.843. The number of methoxy groups -OCH3 is 1. The Morgan fingerprint density at radius 3 is 2.81 bits per heavy atom. The number of nitrogens with zero attached hydrogens (tertiary/aromatic N) is 2. The molecule has 6 nitrogen and oxygen atoms in total.